The number of hydrogen-bond acceptors (Lipinski definition) is 2. The van der Waals surface area contributed by atoms with E-state index in [2.05, 4.69) is 51.5 Å². The molecule has 0 atom stereocenters. The van der Waals surface area contributed by atoms with E-state index in [-0.39, 0.29) is 5.54 Å². The molecule has 0 bridgehead atoms. The number of halogens is 1. The monoisotopic (exact) mass is 321 g/mol. The van der Waals surface area contributed by atoms with Crippen molar-refractivity contribution in [3.63, 3.8) is 0 Å². The molecule has 0 saturated carbocycles. The van der Waals surface area contributed by atoms with Crippen LogP contribution in [0.15, 0.2) is 41.3 Å². The van der Waals surface area contributed by atoms with Crippen molar-refractivity contribution in [2.45, 2.75) is 32.2 Å². The van der Waals surface area contributed by atoms with Gasteiger partial charge in [-0.2, -0.15) is 0 Å². The number of nitrogens with two attached hydrogens (primary N) is 1. The summed E-state index contributed by atoms with van der Waals surface area (Å²) in [7, 11) is 0. The third-order valence-corrected chi connectivity index (χ3v) is 4.46. The van der Waals surface area contributed by atoms with Gasteiger partial charge in [0, 0.05) is 16.6 Å². The lowest BCUT2D eigenvalue weighted by atomic mass is 9.92. The minimum atomic E-state index is -0.0475. The zero-order valence-corrected chi connectivity index (χ0v) is 13.0. The van der Waals surface area contributed by atoms with Gasteiger partial charge < -0.3 is 10.3 Å². The summed E-state index contributed by atoms with van der Waals surface area (Å²) in [6.45, 7) is 4.99. The van der Waals surface area contributed by atoms with Crippen LogP contribution in [0.3, 0.4) is 0 Å². The van der Waals surface area contributed by atoms with Crippen LogP contribution < -0.4 is 5.73 Å². The normalized spacial score (nSPS) is 11.8. The summed E-state index contributed by atoms with van der Waals surface area (Å²) in [4.78, 5) is 4.33. The molecule has 0 aliphatic rings. The van der Waals surface area contributed by atoms with E-state index < -0.39 is 0 Å². The van der Waals surface area contributed by atoms with E-state index in [0.29, 0.717) is 6.54 Å². The van der Waals surface area contributed by atoms with E-state index in [1.807, 2.05) is 24.7 Å². The fourth-order valence-electron chi connectivity index (χ4n) is 2.51. The van der Waals surface area contributed by atoms with Crippen molar-refractivity contribution in [1.29, 1.82) is 0 Å². The van der Waals surface area contributed by atoms with Gasteiger partial charge in [-0.3, -0.25) is 0 Å². The molecule has 4 heteroatoms. The summed E-state index contributed by atoms with van der Waals surface area (Å²) in [5.41, 5.74) is 8.27. The first kappa shape index (κ1) is 14.3. The highest BCUT2D eigenvalue weighted by molar-refractivity contribution is 9.10. The molecule has 2 N–H and O–H groups in total. The van der Waals surface area contributed by atoms with Crippen LogP contribution in [-0.4, -0.2) is 16.1 Å². The first-order valence-corrected chi connectivity index (χ1v) is 7.45. The van der Waals surface area contributed by atoms with Crippen LogP contribution in [0.4, 0.5) is 0 Å². The standard InChI is InChI=1S/C15H20BrN3/c1-3-15(4-2,10-17)19-11-18-9-14(19)12-6-5-7-13(16)8-12/h5-9,11H,3-4,10,17H2,1-2H3. The lowest BCUT2D eigenvalue weighted by Crippen LogP contribution is -2.40. The highest BCUT2D eigenvalue weighted by atomic mass is 79.9. The number of nitrogens with zero attached hydrogens (tertiary/aromatic N) is 2. The second kappa shape index (κ2) is 5.88. The van der Waals surface area contributed by atoms with Gasteiger partial charge in [0.25, 0.3) is 0 Å². The zero-order chi connectivity index (χ0) is 13.9. The van der Waals surface area contributed by atoms with Gasteiger partial charge in [0.15, 0.2) is 0 Å². The first-order valence-electron chi connectivity index (χ1n) is 6.65. The average molecular weight is 322 g/mol. The van der Waals surface area contributed by atoms with E-state index in [9.17, 15) is 0 Å². The van der Waals surface area contributed by atoms with Gasteiger partial charge >= 0.3 is 0 Å². The topological polar surface area (TPSA) is 43.8 Å². The molecule has 19 heavy (non-hydrogen) atoms. The predicted molar refractivity (Wildman–Crippen MR) is 83.0 cm³/mol. The van der Waals surface area contributed by atoms with E-state index in [0.717, 1.165) is 28.6 Å². The Kier molecular flexibility index (Phi) is 4.42. The van der Waals surface area contributed by atoms with Crippen LogP contribution >= 0.6 is 15.9 Å². The van der Waals surface area contributed by atoms with Crippen LogP contribution in [-0.2, 0) is 5.54 Å². The molecule has 0 radical (unpaired) electrons. The number of imidazole rings is 1. The molecule has 0 spiro atoms. The van der Waals surface area contributed by atoms with E-state index in [1.54, 1.807) is 0 Å². The Hall–Kier alpha value is -1.13. The van der Waals surface area contributed by atoms with Crippen molar-refractivity contribution in [1.82, 2.24) is 9.55 Å². The molecule has 102 valence electrons. The number of hydrogen-bond donors (Lipinski definition) is 1. The average Bonchev–Trinajstić information content (AvgIpc) is 2.91. The van der Waals surface area contributed by atoms with Crippen molar-refractivity contribution in [3.8, 4) is 11.3 Å². The maximum absolute atomic E-state index is 6.04. The summed E-state index contributed by atoms with van der Waals surface area (Å²) >= 11 is 3.52. The van der Waals surface area contributed by atoms with E-state index in [1.165, 1.54) is 0 Å². The third kappa shape index (κ3) is 2.60. The molecule has 1 aromatic carbocycles. The SMILES string of the molecule is CCC(CC)(CN)n1cncc1-c1cccc(Br)c1. The molecular weight excluding hydrogens is 302 g/mol. The van der Waals surface area contributed by atoms with Gasteiger partial charge in [0.05, 0.1) is 23.8 Å². The van der Waals surface area contributed by atoms with E-state index >= 15 is 0 Å². The van der Waals surface area contributed by atoms with Gasteiger partial charge in [-0.15, -0.1) is 0 Å². The Bertz CT molecular complexity index is 536. The van der Waals surface area contributed by atoms with Gasteiger partial charge in [-0.1, -0.05) is 41.9 Å². The van der Waals surface area contributed by atoms with Crippen LogP contribution in [0.5, 0.6) is 0 Å². The Morgan fingerprint density at radius 2 is 2.05 bits per heavy atom. The smallest absolute Gasteiger partial charge is 0.0956 e. The molecule has 0 aliphatic carbocycles. The second-order valence-corrected chi connectivity index (χ2v) is 5.71. The van der Waals surface area contributed by atoms with Crippen LogP contribution in [0.1, 0.15) is 26.7 Å². The number of aromatic nitrogens is 2. The van der Waals surface area contributed by atoms with E-state index in [4.69, 9.17) is 5.73 Å². The molecule has 1 aromatic heterocycles. The molecule has 3 nitrogen and oxygen atoms in total. The van der Waals surface area contributed by atoms with Crippen LogP contribution in [0, 0.1) is 0 Å². The quantitative estimate of drug-likeness (QED) is 0.910. The van der Waals surface area contributed by atoms with Gasteiger partial charge in [-0.25, -0.2) is 4.98 Å². The minimum absolute atomic E-state index is 0.0475. The third-order valence-electron chi connectivity index (χ3n) is 3.97. The molecule has 0 amide bonds. The second-order valence-electron chi connectivity index (χ2n) is 4.79. The molecule has 2 aromatic rings. The Morgan fingerprint density at radius 1 is 1.32 bits per heavy atom. The number of rotatable bonds is 5. The zero-order valence-electron chi connectivity index (χ0n) is 11.4. The summed E-state index contributed by atoms with van der Waals surface area (Å²) in [6, 6.07) is 8.28. The molecule has 0 unspecified atom stereocenters. The van der Waals surface area contributed by atoms with Crippen molar-refractivity contribution in [3.05, 3.63) is 41.3 Å². The highest BCUT2D eigenvalue weighted by Gasteiger charge is 2.28. The van der Waals surface area contributed by atoms with Crippen molar-refractivity contribution >= 4 is 15.9 Å². The lowest BCUT2D eigenvalue weighted by Gasteiger charge is -2.33. The maximum Gasteiger partial charge on any atom is 0.0956 e. The fraction of sp³-hybridized carbons (Fsp3) is 0.400. The highest BCUT2D eigenvalue weighted by Crippen LogP contribution is 2.31. The van der Waals surface area contributed by atoms with Gasteiger partial charge in [0.2, 0.25) is 0 Å². The molecule has 1 heterocycles. The predicted octanol–water partition coefficient (Wildman–Crippen LogP) is 3.79. The minimum Gasteiger partial charge on any atom is -0.328 e. The van der Waals surface area contributed by atoms with Crippen LogP contribution in [0.25, 0.3) is 11.3 Å². The molecule has 0 saturated heterocycles. The first-order chi connectivity index (χ1) is 9.16. The van der Waals surface area contributed by atoms with Crippen molar-refractivity contribution < 1.29 is 0 Å². The van der Waals surface area contributed by atoms with Crippen molar-refractivity contribution in [2.24, 2.45) is 5.73 Å². The van der Waals surface area contributed by atoms with Crippen molar-refractivity contribution in [2.75, 3.05) is 6.54 Å². The molecule has 2 rings (SSSR count). The Balaban J connectivity index is 2.53. The Labute approximate surface area is 123 Å². The molecular formula is C15H20BrN3. The molecule has 0 aliphatic heterocycles. The summed E-state index contributed by atoms with van der Waals surface area (Å²) in [5.74, 6) is 0. The summed E-state index contributed by atoms with van der Waals surface area (Å²) in [6.07, 6.45) is 5.81. The van der Waals surface area contributed by atoms with Gasteiger partial charge in [-0.05, 0) is 25.0 Å². The summed E-state index contributed by atoms with van der Waals surface area (Å²) < 4.78 is 3.30. The number of benzene rings is 1. The van der Waals surface area contributed by atoms with Crippen LogP contribution in [0.2, 0.25) is 0 Å². The molecule has 0 fully saturated rings. The largest absolute Gasteiger partial charge is 0.328 e. The Morgan fingerprint density at radius 3 is 2.63 bits per heavy atom. The summed E-state index contributed by atoms with van der Waals surface area (Å²) in [5, 5.41) is 0. The maximum atomic E-state index is 6.04. The van der Waals surface area contributed by atoms with Gasteiger partial charge in [0.1, 0.15) is 0 Å². The fourth-order valence-corrected chi connectivity index (χ4v) is 2.91. The lowest BCUT2D eigenvalue weighted by molar-refractivity contribution is 0.274.